The fourth-order valence-electron chi connectivity index (χ4n) is 4.15. The molecule has 1 atom stereocenters. The summed E-state index contributed by atoms with van der Waals surface area (Å²) in [5.74, 6) is -0.865. The summed E-state index contributed by atoms with van der Waals surface area (Å²) in [6, 6.07) is 17.0. The van der Waals surface area contributed by atoms with E-state index in [2.05, 4.69) is 19.1 Å². The van der Waals surface area contributed by atoms with E-state index in [1.54, 1.807) is 12.1 Å². The zero-order valence-corrected chi connectivity index (χ0v) is 18.4. The summed E-state index contributed by atoms with van der Waals surface area (Å²) in [5, 5.41) is 9.45. The molecule has 1 heterocycles. The fourth-order valence-corrected chi connectivity index (χ4v) is 4.78. The molecule has 2 aromatic rings. The van der Waals surface area contributed by atoms with Gasteiger partial charge in [0.1, 0.15) is 11.4 Å². The second-order valence-electron chi connectivity index (χ2n) is 7.73. The number of sulfone groups is 1. The predicted molar refractivity (Wildman–Crippen MR) is 120 cm³/mol. The number of allylic oxidation sites excluding steroid dienone is 2. The smallest absolute Gasteiger partial charge is 0.308 e. The van der Waals surface area contributed by atoms with Gasteiger partial charge in [-0.3, -0.25) is 4.79 Å². The highest BCUT2D eigenvalue weighted by Crippen LogP contribution is 2.46. The number of carboxylic acid groups (broad SMARTS) is 1. The van der Waals surface area contributed by atoms with Crippen LogP contribution in [0.15, 0.2) is 76.8 Å². The maximum Gasteiger partial charge on any atom is 0.308 e. The summed E-state index contributed by atoms with van der Waals surface area (Å²) in [6.45, 7) is 4.95. The van der Waals surface area contributed by atoms with Crippen LogP contribution < -0.4 is 4.48 Å². The summed E-state index contributed by atoms with van der Waals surface area (Å²) in [7, 11) is -3.29. The number of carbonyl (C=O) groups is 1. The highest BCUT2D eigenvalue weighted by Gasteiger charge is 2.44. The molecule has 0 amide bonds. The Kier molecular flexibility index (Phi) is 6.29. The average molecular weight is 427 g/mol. The number of hydrogen-bond donors (Lipinski definition) is 1. The van der Waals surface area contributed by atoms with Crippen LogP contribution >= 0.6 is 0 Å². The number of nitrogens with zero attached hydrogens (tertiary/aromatic N) is 1. The maximum atomic E-state index is 11.9. The minimum Gasteiger partial charge on any atom is -0.481 e. The topological polar surface area (TPSA) is 71.4 Å². The highest BCUT2D eigenvalue weighted by atomic mass is 32.2. The molecule has 0 saturated carbocycles. The first-order valence-electron chi connectivity index (χ1n) is 10.1. The van der Waals surface area contributed by atoms with Gasteiger partial charge in [-0.2, -0.15) is 0 Å². The Morgan fingerprint density at radius 1 is 1.03 bits per heavy atom. The molecule has 1 aliphatic heterocycles. The van der Waals surface area contributed by atoms with Crippen LogP contribution in [0.4, 0.5) is 5.69 Å². The van der Waals surface area contributed by atoms with Gasteiger partial charge in [0, 0.05) is 30.4 Å². The van der Waals surface area contributed by atoms with Crippen molar-refractivity contribution in [1.82, 2.24) is 4.48 Å². The first-order valence-corrected chi connectivity index (χ1v) is 12.0. The number of aliphatic carboxylic acids is 1. The molecule has 0 aliphatic carbocycles. The number of para-hydroxylation sites is 1. The number of benzene rings is 2. The number of rotatable bonds is 8. The zero-order chi connectivity index (χ0) is 21.9. The monoisotopic (exact) mass is 426 g/mol. The second-order valence-corrected chi connectivity index (χ2v) is 9.75. The lowest BCUT2D eigenvalue weighted by Crippen LogP contribution is -2.44. The number of carboxylic acids is 1. The van der Waals surface area contributed by atoms with Gasteiger partial charge in [-0.25, -0.2) is 12.9 Å². The van der Waals surface area contributed by atoms with E-state index in [-0.39, 0.29) is 11.3 Å². The van der Waals surface area contributed by atoms with E-state index < -0.39 is 15.8 Å². The van der Waals surface area contributed by atoms with E-state index >= 15 is 0 Å². The van der Waals surface area contributed by atoms with Gasteiger partial charge in [0.15, 0.2) is 15.5 Å². The molecule has 0 bridgehead atoms. The van der Waals surface area contributed by atoms with Gasteiger partial charge in [0.2, 0.25) is 0 Å². The van der Waals surface area contributed by atoms with Crippen molar-refractivity contribution in [2.75, 3.05) is 12.8 Å². The van der Waals surface area contributed by atoms with Gasteiger partial charge in [-0.1, -0.05) is 31.5 Å². The van der Waals surface area contributed by atoms with Gasteiger partial charge in [-0.05, 0) is 42.8 Å². The van der Waals surface area contributed by atoms with E-state index in [0.29, 0.717) is 4.48 Å². The molecule has 1 aliphatic rings. The molecule has 3 rings (SSSR count). The van der Waals surface area contributed by atoms with Gasteiger partial charge >= 0.3 is 5.97 Å². The van der Waals surface area contributed by atoms with Crippen LogP contribution in [-0.4, -0.2) is 32.3 Å². The minimum atomic E-state index is -3.29. The lowest BCUT2D eigenvalue weighted by molar-refractivity contribution is -0.136. The van der Waals surface area contributed by atoms with E-state index in [0.717, 1.165) is 47.6 Å². The maximum absolute atomic E-state index is 11.9. The quantitative estimate of drug-likeness (QED) is 0.603. The summed E-state index contributed by atoms with van der Waals surface area (Å²) in [6.07, 6.45) is 5.09. The Bertz CT molecular complexity index is 1100. The van der Waals surface area contributed by atoms with Crippen molar-refractivity contribution >= 4 is 27.2 Å². The van der Waals surface area contributed by atoms with E-state index in [1.165, 1.54) is 6.26 Å². The van der Waals surface area contributed by atoms with Crippen molar-refractivity contribution < 1.29 is 18.3 Å². The molecule has 0 aromatic heterocycles. The van der Waals surface area contributed by atoms with Gasteiger partial charge in [-0.15, -0.1) is 0 Å². The Labute approximate surface area is 178 Å². The lowest BCUT2D eigenvalue weighted by Gasteiger charge is -2.37. The summed E-state index contributed by atoms with van der Waals surface area (Å²) < 4.78 is 24.2. The SMILES string of the molecule is CCCC[N+]1(c2ccccc2)C(c2ccc(S(C)(=O)=O)cc2)=CC(CC(=O)O)=C1C. The summed E-state index contributed by atoms with van der Waals surface area (Å²) in [4.78, 5) is 11.8. The molecule has 5 nitrogen and oxygen atoms in total. The number of hydrogen-bond acceptors (Lipinski definition) is 3. The molecule has 2 aromatic carbocycles. The van der Waals surface area contributed by atoms with Crippen LogP contribution in [0.3, 0.4) is 0 Å². The summed E-state index contributed by atoms with van der Waals surface area (Å²) in [5.41, 5.74) is 4.73. The largest absolute Gasteiger partial charge is 0.481 e. The molecule has 6 heteroatoms. The molecule has 0 fully saturated rings. The molecular weight excluding hydrogens is 398 g/mol. The Balaban J connectivity index is 2.22. The third-order valence-corrected chi connectivity index (χ3v) is 6.85. The first kappa shape index (κ1) is 22.0. The molecule has 1 unspecified atom stereocenters. The van der Waals surface area contributed by atoms with Crippen LogP contribution in [-0.2, 0) is 14.6 Å². The first-order chi connectivity index (χ1) is 14.2. The van der Waals surface area contributed by atoms with Gasteiger partial charge in [0.25, 0.3) is 0 Å². The molecule has 158 valence electrons. The van der Waals surface area contributed by atoms with Crippen molar-refractivity contribution in [1.29, 1.82) is 0 Å². The number of quaternary nitrogens is 1. The molecule has 0 radical (unpaired) electrons. The van der Waals surface area contributed by atoms with Crippen molar-refractivity contribution in [2.24, 2.45) is 0 Å². The van der Waals surface area contributed by atoms with Crippen molar-refractivity contribution in [3.63, 3.8) is 0 Å². The number of unbranched alkanes of at least 4 members (excludes halogenated alkanes) is 1. The third kappa shape index (κ3) is 4.11. The molecular formula is C24H28NO4S+. The predicted octanol–water partition coefficient (Wildman–Crippen LogP) is 5.00. The lowest BCUT2D eigenvalue weighted by atomic mass is 10.1. The van der Waals surface area contributed by atoms with Gasteiger partial charge in [0.05, 0.1) is 17.9 Å². The third-order valence-electron chi connectivity index (χ3n) is 5.72. The van der Waals surface area contributed by atoms with E-state index in [1.807, 2.05) is 43.3 Å². The normalized spacial score (nSPS) is 19.1. The minimum absolute atomic E-state index is 0.0459. The Morgan fingerprint density at radius 2 is 1.67 bits per heavy atom. The van der Waals surface area contributed by atoms with Crippen LogP contribution in [0.25, 0.3) is 5.70 Å². The van der Waals surface area contributed by atoms with Crippen LogP contribution in [0.1, 0.15) is 38.7 Å². The molecule has 0 spiro atoms. The average Bonchev–Trinajstić information content (AvgIpc) is 2.98. The molecule has 30 heavy (non-hydrogen) atoms. The van der Waals surface area contributed by atoms with Crippen molar-refractivity contribution in [3.05, 3.63) is 77.5 Å². The molecule has 1 N–H and O–H groups in total. The fraction of sp³-hybridized carbons (Fsp3) is 0.292. The van der Waals surface area contributed by atoms with Gasteiger partial charge < -0.3 is 5.11 Å². The van der Waals surface area contributed by atoms with E-state index in [4.69, 9.17) is 0 Å². The highest BCUT2D eigenvalue weighted by molar-refractivity contribution is 7.90. The molecule has 0 saturated heterocycles. The summed E-state index contributed by atoms with van der Waals surface area (Å²) >= 11 is 0. The van der Waals surface area contributed by atoms with Crippen molar-refractivity contribution in [3.8, 4) is 0 Å². The standard InChI is InChI=1S/C24H27NO4S/c1-4-5-15-25(21-9-7-6-8-10-21)18(2)20(17-24(26)27)16-23(25)19-11-13-22(14-12-19)30(3,28)29/h6-14,16H,4-5,15,17H2,1-3H3/p+1. The van der Waals surface area contributed by atoms with Crippen LogP contribution in [0.2, 0.25) is 0 Å². The van der Waals surface area contributed by atoms with Crippen LogP contribution in [0, 0.1) is 0 Å². The van der Waals surface area contributed by atoms with Crippen LogP contribution in [0.5, 0.6) is 0 Å². The van der Waals surface area contributed by atoms with Crippen molar-refractivity contribution in [2.45, 2.75) is 38.0 Å². The van der Waals surface area contributed by atoms with E-state index in [9.17, 15) is 18.3 Å². The Morgan fingerprint density at radius 3 is 2.20 bits per heavy atom. The zero-order valence-electron chi connectivity index (χ0n) is 17.6. The second kappa shape index (κ2) is 8.58. The Hall–Kier alpha value is -2.70.